The van der Waals surface area contributed by atoms with Crippen molar-refractivity contribution < 1.29 is 18.4 Å². The van der Waals surface area contributed by atoms with Crippen LogP contribution in [0.2, 0.25) is 0 Å². The summed E-state index contributed by atoms with van der Waals surface area (Å²) in [7, 11) is 0. The Labute approximate surface area is 90.0 Å². The Morgan fingerprint density at radius 3 is 2.69 bits per heavy atom. The third kappa shape index (κ3) is 3.14. The molecular weight excluding hydrogens is 224 g/mol. The lowest BCUT2D eigenvalue weighted by Gasteiger charge is -2.04. The van der Waals surface area contributed by atoms with Crippen LogP contribution in [0, 0.1) is 10.1 Å². The monoisotopic (exact) mass is 235 g/mol. The highest BCUT2D eigenvalue weighted by atomic mass is 19.3. The van der Waals surface area contributed by atoms with Crippen molar-refractivity contribution in [3.8, 4) is 5.88 Å². The van der Waals surface area contributed by atoms with Gasteiger partial charge in [-0.3, -0.25) is 14.8 Å². The van der Waals surface area contributed by atoms with Crippen LogP contribution in [0.15, 0.2) is 6.20 Å². The smallest absolute Gasteiger partial charge is 0.350 e. The molecule has 0 amide bonds. The van der Waals surface area contributed by atoms with E-state index in [9.17, 15) is 18.9 Å². The molecule has 0 fully saturated rings. The van der Waals surface area contributed by atoms with Crippen molar-refractivity contribution in [1.29, 1.82) is 0 Å². The maximum absolute atomic E-state index is 12.1. The lowest BCUT2D eigenvalue weighted by atomic mass is 10.5. The molecule has 1 rings (SSSR count). The highest BCUT2D eigenvalue weighted by molar-refractivity contribution is 5.38. The molecule has 0 aromatic carbocycles. The molecule has 90 valence electrons. The fourth-order valence-corrected chi connectivity index (χ4v) is 1.06. The van der Waals surface area contributed by atoms with E-state index in [0.717, 1.165) is 10.9 Å². The van der Waals surface area contributed by atoms with E-state index in [4.69, 9.17) is 4.74 Å². The zero-order valence-corrected chi connectivity index (χ0v) is 8.76. The van der Waals surface area contributed by atoms with Crippen molar-refractivity contribution in [3.63, 3.8) is 0 Å². The van der Waals surface area contributed by atoms with Gasteiger partial charge < -0.3 is 4.74 Å². The molecule has 8 heteroatoms. The van der Waals surface area contributed by atoms with Gasteiger partial charge >= 0.3 is 11.6 Å². The first-order chi connectivity index (χ1) is 7.40. The predicted molar refractivity (Wildman–Crippen MR) is 50.6 cm³/mol. The van der Waals surface area contributed by atoms with Crippen molar-refractivity contribution in [3.05, 3.63) is 16.3 Å². The minimum Gasteiger partial charge on any atom is -0.469 e. The summed E-state index contributed by atoms with van der Waals surface area (Å²) in [5, 5.41) is 14.2. The maximum Gasteiger partial charge on any atom is 0.350 e. The average molecular weight is 235 g/mol. The van der Waals surface area contributed by atoms with Gasteiger partial charge in [0, 0.05) is 0 Å². The quantitative estimate of drug-likeness (QED) is 0.576. The van der Waals surface area contributed by atoms with Crippen molar-refractivity contribution in [2.45, 2.75) is 32.9 Å². The molecule has 1 aromatic heterocycles. The Balaban J connectivity index is 2.95. The number of nitrogens with zero attached hydrogens (tertiary/aromatic N) is 3. The van der Waals surface area contributed by atoms with E-state index < -0.39 is 23.6 Å². The van der Waals surface area contributed by atoms with Crippen molar-refractivity contribution in [2.75, 3.05) is 0 Å². The average Bonchev–Trinajstić information content (AvgIpc) is 2.45. The second-order valence-electron chi connectivity index (χ2n) is 3.36. The predicted octanol–water partition coefficient (Wildman–Crippen LogP) is 1.84. The third-order valence-corrected chi connectivity index (χ3v) is 1.58. The Kier molecular flexibility index (Phi) is 3.75. The third-order valence-electron chi connectivity index (χ3n) is 1.58. The van der Waals surface area contributed by atoms with Gasteiger partial charge in [0.1, 0.15) is 12.7 Å². The van der Waals surface area contributed by atoms with Gasteiger partial charge in [-0.2, -0.15) is 0 Å². The van der Waals surface area contributed by atoms with Gasteiger partial charge in [0.15, 0.2) is 0 Å². The van der Waals surface area contributed by atoms with Crippen LogP contribution in [-0.2, 0) is 6.54 Å². The second kappa shape index (κ2) is 4.86. The van der Waals surface area contributed by atoms with Gasteiger partial charge in [0.2, 0.25) is 0 Å². The molecule has 0 aliphatic carbocycles. The highest BCUT2D eigenvalue weighted by Crippen LogP contribution is 2.25. The summed E-state index contributed by atoms with van der Waals surface area (Å²) >= 11 is 0. The van der Waals surface area contributed by atoms with E-state index in [0.29, 0.717) is 0 Å². The molecule has 0 N–H and O–H groups in total. The Morgan fingerprint density at radius 1 is 1.62 bits per heavy atom. The van der Waals surface area contributed by atoms with Gasteiger partial charge in [-0.05, 0) is 13.8 Å². The van der Waals surface area contributed by atoms with Crippen LogP contribution in [0.4, 0.5) is 14.5 Å². The van der Waals surface area contributed by atoms with E-state index in [2.05, 4.69) is 5.10 Å². The molecule has 1 aromatic rings. The number of aromatic nitrogens is 2. The fourth-order valence-electron chi connectivity index (χ4n) is 1.06. The largest absolute Gasteiger partial charge is 0.469 e. The fraction of sp³-hybridized carbons (Fsp3) is 0.625. The number of alkyl halides is 2. The molecule has 0 bridgehead atoms. The van der Waals surface area contributed by atoms with E-state index in [1.807, 2.05) is 0 Å². The number of hydrogen-bond donors (Lipinski definition) is 0. The Morgan fingerprint density at radius 2 is 2.25 bits per heavy atom. The van der Waals surface area contributed by atoms with E-state index in [1.54, 1.807) is 13.8 Å². The summed E-state index contributed by atoms with van der Waals surface area (Å²) in [6.07, 6.45) is -2.00. The summed E-state index contributed by atoms with van der Waals surface area (Å²) in [6.45, 7) is 2.63. The molecule has 0 spiro atoms. The number of halogens is 2. The van der Waals surface area contributed by atoms with Gasteiger partial charge in [-0.15, -0.1) is 5.10 Å². The zero-order chi connectivity index (χ0) is 12.3. The Hall–Kier alpha value is -1.73. The molecule has 0 aliphatic heterocycles. The first kappa shape index (κ1) is 12.3. The maximum atomic E-state index is 12.1. The summed E-state index contributed by atoms with van der Waals surface area (Å²) < 4.78 is 30.0. The topological polar surface area (TPSA) is 70.2 Å². The standard InChI is InChI=1S/C8H11F2N3O3/c1-5(2)16-8-6(13(14)15)3-12(11-8)4-7(9)10/h3,5,7H,4H2,1-2H3. The summed E-state index contributed by atoms with van der Waals surface area (Å²) in [5.41, 5.74) is -0.408. The van der Waals surface area contributed by atoms with Crippen LogP contribution < -0.4 is 4.74 Å². The molecule has 0 radical (unpaired) electrons. The molecule has 0 saturated heterocycles. The molecule has 0 unspecified atom stereocenters. The molecule has 1 heterocycles. The van der Waals surface area contributed by atoms with Crippen LogP contribution >= 0.6 is 0 Å². The van der Waals surface area contributed by atoms with Gasteiger partial charge in [0.05, 0.1) is 11.0 Å². The first-order valence-electron chi connectivity index (χ1n) is 4.56. The second-order valence-corrected chi connectivity index (χ2v) is 3.36. The molecule has 0 aliphatic rings. The number of ether oxygens (including phenoxy) is 1. The van der Waals surface area contributed by atoms with E-state index in [-0.39, 0.29) is 12.0 Å². The van der Waals surface area contributed by atoms with Crippen LogP contribution in [-0.4, -0.2) is 27.2 Å². The summed E-state index contributed by atoms with van der Waals surface area (Å²) in [5.74, 6) is -0.236. The number of rotatable bonds is 5. The van der Waals surface area contributed by atoms with E-state index >= 15 is 0 Å². The minimum absolute atomic E-state index is 0.236. The molecule has 0 saturated carbocycles. The molecule has 6 nitrogen and oxygen atoms in total. The van der Waals surface area contributed by atoms with Crippen LogP contribution in [0.1, 0.15) is 13.8 Å². The normalized spacial score (nSPS) is 11.1. The van der Waals surface area contributed by atoms with Crippen molar-refractivity contribution in [1.82, 2.24) is 9.78 Å². The van der Waals surface area contributed by atoms with Crippen LogP contribution in [0.25, 0.3) is 0 Å². The molecule has 0 atom stereocenters. The first-order valence-corrected chi connectivity index (χ1v) is 4.56. The lowest BCUT2D eigenvalue weighted by molar-refractivity contribution is -0.386. The number of hydrogen-bond acceptors (Lipinski definition) is 4. The minimum atomic E-state index is -2.62. The molecular formula is C8H11F2N3O3. The SMILES string of the molecule is CC(C)Oc1nn(CC(F)F)cc1[N+](=O)[O-]. The highest BCUT2D eigenvalue weighted by Gasteiger charge is 2.22. The summed E-state index contributed by atoms with van der Waals surface area (Å²) in [4.78, 5) is 9.87. The van der Waals surface area contributed by atoms with Gasteiger partial charge in [-0.1, -0.05) is 0 Å². The molecule has 16 heavy (non-hydrogen) atoms. The zero-order valence-electron chi connectivity index (χ0n) is 8.76. The van der Waals surface area contributed by atoms with Crippen molar-refractivity contribution >= 4 is 5.69 Å². The lowest BCUT2D eigenvalue weighted by Crippen LogP contribution is -2.09. The van der Waals surface area contributed by atoms with Crippen LogP contribution in [0.5, 0.6) is 5.88 Å². The van der Waals surface area contributed by atoms with Crippen molar-refractivity contribution in [2.24, 2.45) is 0 Å². The van der Waals surface area contributed by atoms with Gasteiger partial charge in [-0.25, -0.2) is 8.78 Å². The van der Waals surface area contributed by atoms with E-state index in [1.165, 1.54) is 0 Å². The number of nitro groups is 1. The Bertz CT molecular complexity index is 379. The van der Waals surface area contributed by atoms with Gasteiger partial charge in [0.25, 0.3) is 6.43 Å². The summed E-state index contributed by atoms with van der Waals surface area (Å²) in [6, 6.07) is 0. The van der Waals surface area contributed by atoms with Crippen LogP contribution in [0.3, 0.4) is 0 Å².